The van der Waals surface area contributed by atoms with Gasteiger partial charge in [0.05, 0.1) is 7.11 Å². The number of hydrogen-bond acceptors (Lipinski definition) is 5. The second-order valence-corrected chi connectivity index (χ2v) is 5.90. The highest BCUT2D eigenvalue weighted by Gasteiger charge is 2.09. The van der Waals surface area contributed by atoms with Crippen molar-refractivity contribution in [3.8, 4) is 11.5 Å². The van der Waals surface area contributed by atoms with Crippen LogP contribution in [-0.4, -0.2) is 32.2 Å². The Labute approximate surface area is 157 Å². The monoisotopic (exact) mass is 377 g/mol. The number of amides is 1. The van der Waals surface area contributed by atoms with Crippen LogP contribution in [0.15, 0.2) is 42.5 Å². The molecule has 0 aliphatic heterocycles. The van der Waals surface area contributed by atoms with Crippen LogP contribution in [0.4, 0.5) is 0 Å². The zero-order valence-corrected chi connectivity index (χ0v) is 15.3. The number of carbonyl (C=O) groups excluding carboxylic acids is 2. The average molecular weight is 378 g/mol. The molecule has 0 saturated heterocycles. The Morgan fingerprint density at radius 2 is 1.88 bits per heavy atom. The quantitative estimate of drug-likeness (QED) is 0.716. The van der Waals surface area contributed by atoms with Gasteiger partial charge in [0.2, 0.25) is 0 Å². The van der Waals surface area contributed by atoms with Crippen LogP contribution in [0.3, 0.4) is 0 Å². The number of rotatable bonds is 8. The van der Waals surface area contributed by atoms with E-state index in [4.69, 9.17) is 25.8 Å². The Kier molecular flexibility index (Phi) is 7.29. The smallest absolute Gasteiger partial charge is 0.344 e. The number of benzene rings is 2. The van der Waals surface area contributed by atoms with Crippen molar-refractivity contribution < 1.29 is 23.8 Å². The van der Waals surface area contributed by atoms with E-state index in [0.717, 1.165) is 11.1 Å². The first-order valence-electron chi connectivity index (χ1n) is 7.92. The molecule has 0 fully saturated rings. The van der Waals surface area contributed by atoms with Gasteiger partial charge in [-0.25, -0.2) is 4.79 Å². The number of ether oxygens (including phenoxy) is 3. The summed E-state index contributed by atoms with van der Waals surface area (Å²) in [6.07, 6.45) is 0. The molecule has 0 heterocycles. The van der Waals surface area contributed by atoms with Gasteiger partial charge in [-0.3, -0.25) is 4.79 Å². The lowest BCUT2D eigenvalue weighted by molar-refractivity contribution is -0.150. The summed E-state index contributed by atoms with van der Waals surface area (Å²) in [4.78, 5) is 23.4. The Balaban J connectivity index is 1.69. The lowest BCUT2D eigenvalue weighted by atomic mass is 10.2. The van der Waals surface area contributed by atoms with Gasteiger partial charge in [-0.1, -0.05) is 23.7 Å². The molecule has 0 aliphatic rings. The van der Waals surface area contributed by atoms with Crippen LogP contribution in [0.5, 0.6) is 11.5 Å². The molecular weight excluding hydrogens is 358 g/mol. The van der Waals surface area contributed by atoms with Crippen LogP contribution >= 0.6 is 11.6 Å². The lowest BCUT2D eigenvalue weighted by Gasteiger charge is -2.09. The summed E-state index contributed by atoms with van der Waals surface area (Å²) in [6.45, 7) is 1.49. The summed E-state index contributed by atoms with van der Waals surface area (Å²) in [5.41, 5.74) is 1.72. The Hall–Kier alpha value is -2.73. The molecule has 138 valence electrons. The molecule has 0 aliphatic carbocycles. The van der Waals surface area contributed by atoms with Crippen LogP contribution in [0.2, 0.25) is 5.02 Å². The molecule has 0 atom stereocenters. The summed E-state index contributed by atoms with van der Waals surface area (Å²) < 4.78 is 15.3. The molecule has 0 aromatic heterocycles. The minimum atomic E-state index is -0.630. The van der Waals surface area contributed by atoms with E-state index in [1.54, 1.807) is 25.3 Å². The molecule has 0 saturated carbocycles. The van der Waals surface area contributed by atoms with Crippen LogP contribution in [0.25, 0.3) is 0 Å². The maximum atomic E-state index is 11.8. The lowest BCUT2D eigenvalue weighted by Crippen LogP contribution is -2.29. The van der Waals surface area contributed by atoms with Crippen LogP contribution in [-0.2, 0) is 20.9 Å². The largest absolute Gasteiger partial charge is 0.497 e. The SMILES string of the molecule is COc1cccc(CNC(=O)COC(=O)COc2ccc(Cl)c(C)c2)c1. The molecule has 7 heteroatoms. The van der Waals surface area contributed by atoms with E-state index < -0.39 is 11.9 Å². The van der Waals surface area contributed by atoms with Gasteiger partial charge in [-0.05, 0) is 48.4 Å². The van der Waals surface area contributed by atoms with E-state index in [9.17, 15) is 9.59 Å². The number of methoxy groups -OCH3 is 1. The average Bonchev–Trinajstić information content (AvgIpc) is 2.65. The van der Waals surface area contributed by atoms with Crippen molar-refractivity contribution in [2.75, 3.05) is 20.3 Å². The molecule has 0 spiro atoms. The number of aryl methyl sites for hydroxylation is 1. The standard InChI is InChI=1S/C19H20ClNO5/c1-13-8-16(6-7-17(13)20)25-12-19(23)26-11-18(22)21-10-14-4-3-5-15(9-14)24-2/h3-9H,10-12H2,1-2H3,(H,21,22). The predicted octanol–water partition coefficient (Wildman–Crippen LogP) is 2.90. The Morgan fingerprint density at radius 3 is 2.62 bits per heavy atom. The molecular formula is C19H20ClNO5. The highest BCUT2D eigenvalue weighted by atomic mass is 35.5. The van der Waals surface area contributed by atoms with Crippen LogP contribution in [0.1, 0.15) is 11.1 Å². The van der Waals surface area contributed by atoms with Gasteiger partial charge in [-0.2, -0.15) is 0 Å². The van der Waals surface area contributed by atoms with Crippen molar-refractivity contribution >= 4 is 23.5 Å². The van der Waals surface area contributed by atoms with E-state index in [1.165, 1.54) is 0 Å². The topological polar surface area (TPSA) is 73.9 Å². The number of hydrogen-bond donors (Lipinski definition) is 1. The molecule has 6 nitrogen and oxygen atoms in total. The second-order valence-electron chi connectivity index (χ2n) is 5.49. The van der Waals surface area contributed by atoms with Gasteiger partial charge in [0.25, 0.3) is 5.91 Å². The second kappa shape index (κ2) is 9.68. The van der Waals surface area contributed by atoms with Crippen molar-refractivity contribution in [3.05, 3.63) is 58.6 Å². The van der Waals surface area contributed by atoms with Gasteiger partial charge in [-0.15, -0.1) is 0 Å². The highest BCUT2D eigenvalue weighted by Crippen LogP contribution is 2.20. The van der Waals surface area contributed by atoms with Gasteiger partial charge in [0, 0.05) is 11.6 Å². The summed E-state index contributed by atoms with van der Waals surface area (Å²) >= 11 is 5.92. The van der Waals surface area contributed by atoms with Crippen molar-refractivity contribution in [2.24, 2.45) is 0 Å². The predicted molar refractivity (Wildman–Crippen MR) is 97.5 cm³/mol. The third-order valence-electron chi connectivity index (χ3n) is 3.47. The molecule has 2 aromatic rings. The molecule has 26 heavy (non-hydrogen) atoms. The van der Waals surface area contributed by atoms with E-state index in [-0.39, 0.29) is 13.2 Å². The van der Waals surface area contributed by atoms with Crippen LogP contribution in [0, 0.1) is 6.92 Å². The summed E-state index contributed by atoms with van der Waals surface area (Å²) in [6, 6.07) is 12.4. The normalized spacial score (nSPS) is 10.1. The maximum absolute atomic E-state index is 11.8. The van der Waals surface area contributed by atoms with E-state index in [1.807, 2.05) is 31.2 Å². The fourth-order valence-corrected chi connectivity index (χ4v) is 2.19. The Bertz CT molecular complexity index is 778. The fraction of sp³-hybridized carbons (Fsp3) is 0.263. The van der Waals surface area contributed by atoms with E-state index in [2.05, 4.69) is 5.32 Å². The van der Waals surface area contributed by atoms with Crippen molar-refractivity contribution in [1.82, 2.24) is 5.32 Å². The first kappa shape index (κ1) is 19.6. The molecule has 2 aromatic carbocycles. The molecule has 0 unspecified atom stereocenters. The van der Waals surface area contributed by atoms with Gasteiger partial charge in [0.15, 0.2) is 13.2 Å². The maximum Gasteiger partial charge on any atom is 0.344 e. The number of nitrogens with one attached hydrogen (secondary N) is 1. The van der Waals surface area contributed by atoms with E-state index in [0.29, 0.717) is 23.1 Å². The third-order valence-corrected chi connectivity index (χ3v) is 3.90. The minimum absolute atomic E-state index is 0.287. The van der Waals surface area contributed by atoms with Gasteiger partial charge < -0.3 is 19.5 Å². The molecule has 1 N–H and O–H groups in total. The molecule has 2 rings (SSSR count). The number of esters is 1. The van der Waals surface area contributed by atoms with Crippen molar-refractivity contribution in [2.45, 2.75) is 13.5 Å². The first-order valence-corrected chi connectivity index (χ1v) is 8.30. The van der Waals surface area contributed by atoms with Gasteiger partial charge >= 0.3 is 5.97 Å². The zero-order valence-electron chi connectivity index (χ0n) is 14.6. The highest BCUT2D eigenvalue weighted by molar-refractivity contribution is 6.31. The van der Waals surface area contributed by atoms with Crippen molar-refractivity contribution in [1.29, 1.82) is 0 Å². The number of carbonyl (C=O) groups is 2. The van der Waals surface area contributed by atoms with E-state index >= 15 is 0 Å². The number of halogens is 1. The molecule has 0 bridgehead atoms. The van der Waals surface area contributed by atoms with Crippen LogP contribution < -0.4 is 14.8 Å². The third kappa shape index (κ3) is 6.29. The zero-order chi connectivity index (χ0) is 18.9. The Morgan fingerprint density at radius 1 is 1.08 bits per heavy atom. The molecule has 0 radical (unpaired) electrons. The van der Waals surface area contributed by atoms with Gasteiger partial charge in [0.1, 0.15) is 11.5 Å². The van der Waals surface area contributed by atoms with Crippen molar-refractivity contribution in [3.63, 3.8) is 0 Å². The fourth-order valence-electron chi connectivity index (χ4n) is 2.07. The first-order chi connectivity index (χ1) is 12.5. The summed E-state index contributed by atoms with van der Waals surface area (Å²) in [7, 11) is 1.57. The summed E-state index contributed by atoms with van der Waals surface area (Å²) in [5, 5.41) is 3.28. The summed E-state index contributed by atoms with van der Waals surface area (Å²) in [5.74, 6) is 0.182. The minimum Gasteiger partial charge on any atom is -0.497 e. The molecule has 1 amide bonds.